The molecule has 1 aliphatic rings. The molecule has 5 nitrogen and oxygen atoms in total. The minimum Gasteiger partial charge on any atom is -0.396 e. The molecule has 2 atom stereocenters. The van der Waals surface area contributed by atoms with E-state index in [4.69, 9.17) is 9.84 Å². The van der Waals surface area contributed by atoms with E-state index in [1.165, 1.54) is 0 Å². The van der Waals surface area contributed by atoms with Gasteiger partial charge in [0, 0.05) is 19.2 Å². The normalized spacial score (nSPS) is 22.3. The minimum atomic E-state index is -0.00871. The smallest absolute Gasteiger partial charge is 0.318 e. The first-order valence-corrected chi connectivity index (χ1v) is 6.44. The maximum atomic E-state index is 12.0. The number of aliphatic hydroxyl groups excluding tert-OH is 1. The van der Waals surface area contributed by atoms with Crippen molar-refractivity contribution in [3.8, 4) is 0 Å². The molecule has 1 rings (SSSR count). The summed E-state index contributed by atoms with van der Waals surface area (Å²) in [5.74, 6) is 0. The molecule has 0 spiro atoms. The number of carbonyl (C=O) groups excluding carboxylic acids is 1. The molecule has 0 saturated carbocycles. The van der Waals surface area contributed by atoms with E-state index < -0.39 is 0 Å². The SMILES string of the molecule is CCC1COCCN1C(=O)NC(C)CCCO. The fourth-order valence-corrected chi connectivity index (χ4v) is 2.02. The fraction of sp³-hybridized carbons (Fsp3) is 0.917. The summed E-state index contributed by atoms with van der Waals surface area (Å²) >= 11 is 0. The lowest BCUT2D eigenvalue weighted by Gasteiger charge is -2.35. The minimum absolute atomic E-state index is 0.00871. The summed E-state index contributed by atoms with van der Waals surface area (Å²) < 4.78 is 5.37. The van der Waals surface area contributed by atoms with Crippen molar-refractivity contribution < 1.29 is 14.6 Å². The molecule has 0 bridgehead atoms. The van der Waals surface area contributed by atoms with E-state index in [0.29, 0.717) is 19.8 Å². The number of carbonyl (C=O) groups is 1. The zero-order valence-electron chi connectivity index (χ0n) is 10.8. The van der Waals surface area contributed by atoms with E-state index in [-0.39, 0.29) is 24.7 Å². The number of aliphatic hydroxyl groups is 1. The fourth-order valence-electron chi connectivity index (χ4n) is 2.02. The van der Waals surface area contributed by atoms with Gasteiger partial charge < -0.3 is 20.1 Å². The lowest BCUT2D eigenvalue weighted by Crippen LogP contribution is -2.53. The lowest BCUT2D eigenvalue weighted by atomic mass is 10.1. The second-order valence-corrected chi connectivity index (χ2v) is 4.55. The summed E-state index contributed by atoms with van der Waals surface area (Å²) in [4.78, 5) is 13.9. The van der Waals surface area contributed by atoms with Gasteiger partial charge >= 0.3 is 6.03 Å². The van der Waals surface area contributed by atoms with Gasteiger partial charge in [0.1, 0.15) is 0 Å². The predicted octanol–water partition coefficient (Wildman–Crippen LogP) is 0.968. The van der Waals surface area contributed by atoms with Crippen LogP contribution in [0.2, 0.25) is 0 Å². The highest BCUT2D eigenvalue weighted by atomic mass is 16.5. The van der Waals surface area contributed by atoms with Crippen LogP contribution in [-0.4, -0.2) is 54.5 Å². The lowest BCUT2D eigenvalue weighted by molar-refractivity contribution is 0.0107. The number of nitrogens with zero attached hydrogens (tertiary/aromatic N) is 1. The van der Waals surface area contributed by atoms with E-state index in [2.05, 4.69) is 12.2 Å². The van der Waals surface area contributed by atoms with Gasteiger partial charge in [0.25, 0.3) is 0 Å². The van der Waals surface area contributed by atoms with Crippen molar-refractivity contribution in [1.82, 2.24) is 10.2 Å². The highest BCUT2D eigenvalue weighted by Gasteiger charge is 2.26. The van der Waals surface area contributed by atoms with Crippen molar-refractivity contribution >= 4 is 6.03 Å². The molecule has 17 heavy (non-hydrogen) atoms. The van der Waals surface area contributed by atoms with Gasteiger partial charge in [0.15, 0.2) is 0 Å². The Morgan fingerprint density at radius 3 is 3.06 bits per heavy atom. The summed E-state index contributed by atoms with van der Waals surface area (Å²) in [5, 5.41) is 11.7. The summed E-state index contributed by atoms with van der Waals surface area (Å²) in [7, 11) is 0. The number of ether oxygens (including phenoxy) is 1. The maximum absolute atomic E-state index is 12.0. The third-order valence-electron chi connectivity index (χ3n) is 3.12. The molecule has 100 valence electrons. The zero-order valence-corrected chi connectivity index (χ0v) is 10.8. The highest BCUT2D eigenvalue weighted by Crippen LogP contribution is 2.10. The van der Waals surface area contributed by atoms with Crippen LogP contribution < -0.4 is 5.32 Å². The predicted molar refractivity (Wildman–Crippen MR) is 65.9 cm³/mol. The molecule has 0 aliphatic carbocycles. The number of hydrogen-bond donors (Lipinski definition) is 2. The second kappa shape index (κ2) is 7.50. The van der Waals surface area contributed by atoms with Gasteiger partial charge in [-0.15, -0.1) is 0 Å². The Morgan fingerprint density at radius 1 is 1.65 bits per heavy atom. The summed E-state index contributed by atoms with van der Waals surface area (Å²) in [6, 6.07) is 0.286. The third-order valence-corrected chi connectivity index (χ3v) is 3.12. The Kier molecular flexibility index (Phi) is 6.29. The van der Waals surface area contributed by atoms with Gasteiger partial charge in [0.2, 0.25) is 0 Å². The van der Waals surface area contributed by atoms with E-state index >= 15 is 0 Å². The molecule has 0 radical (unpaired) electrons. The number of urea groups is 1. The molecule has 0 aromatic heterocycles. The van der Waals surface area contributed by atoms with Crippen LogP contribution in [0, 0.1) is 0 Å². The van der Waals surface area contributed by atoms with Crippen molar-refractivity contribution in [2.24, 2.45) is 0 Å². The number of morpholine rings is 1. The molecular formula is C12H24N2O3. The van der Waals surface area contributed by atoms with Gasteiger partial charge in [-0.2, -0.15) is 0 Å². The molecular weight excluding hydrogens is 220 g/mol. The maximum Gasteiger partial charge on any atom is 0.318 e. The molecule has 1 heterocycles. The molecule has 0 aromatic rings. The molecule has 2 N–H and O–H groups in total. The van der Waals surface area contributed by atoms with E-state index in [0.717, 1.165) is 19.3 Å². The van der Waals surface area contributed by atoms with Crippen molar-refractivity contribution in [3.05, 3.63) is 0 Å². The average molecular weight is 244 g/mol. The van der Waals surface area contributed by atoms with Gasteiger partial charge in [-0.25, -0.2) is 4.79 Å². The van der Waals surface area contributed by atoms with Crippen LogP contribution in [0.4, 0.5) is 4.79 Å². The summed E-state index contributed by atoms with van der Waals surface area (Å²) in [5.41, 5.74) is 0. The number of amides is 2. The molecule has 2 unspecified atom stereocenters. The van der Waals surface area contributed by atoms with Crippen molar-refractivity contribution in [2.45, 2.75) is 45.2 Å². The van der Waals surface area contributed by atoms with Crippen LogP contribution in [0.1, 0.15) is 33.1 Å². The van der Waals surface area contributed by atoms with E-state index in [1.54, 1.807) is 0 Å². The second-order valence-electron chi connectivity index (χ2n) is 4.55. The van der Waals surface area contributed by atoms with Crippen LogP contribution in [0.25, 0.3) is 0 Å². The molecule has 0 aromatic carbocycles. The molecule has 1 fully saturated rings. The first-order valence-electron chi connectivity index (χ1n) is 6.44. The van der Waals surface area contributed by atoms with Gasteiger partial charge in [-0.3, -0.25) is 0 Å². The van der Waals surface area contributed by atoms with Crippen LogP contribution >= 0.6 is 0 Å². The molecule has 1 saturated heterocycles. The summed E-state index contributed by atoms with van der Waals surface area (Å²) in [6.07, 6.45) is 2.45. The van der Waals surface area contributed by atoms with Crippen molar-refractivity contribution in [1.29, 1.82) is 0 Å². The Morgan fingerprint density at radius 2 is 2.41 bits per heavy atom. The standard InChI is InChI=1S/C12H24N2O3/c1-3-11-9-17-8-6-14(11)12(16)13-10(2)5-4-7-15/h10-11,15H,3-9H2,1-2H3,(H,13,16). The quantitative estimate of drug-likeness (QED) is 0.757. The monoisotopic (exact) mass is 244 g/mol. The Hall–Kier alpha value is -0.810. The van der Waals surface area contributed by atoms with Gasteiger partial charge in [-0.05, 0) is 26.2 Å². The van der Waals surface area contributed by atoms with E-state index in [1.807, 2.05) is 11.8 Å². The highest BCUT2D eigenvalue weighted by molar-refractivity contribution is 5.75. The largest absolute Gasteiger partial charge is 0.396 e. The van der Waals surface area contributed by atoms with Crippen LogP contribution in [0.5, 0.6) is 0 Å². The number of rotatable bonds is 5. The van der Waals surface area contributed by atoms with Crippen LogP contribution in [0.15, 0.2) is 0 Å². The van der Waals surface area contributed by atoms with E-state index in [9.17, 15) is 4.79 Å². The van der Waals surface area contributed by atoms with Gasteiger partial charge in [0.05, 0.1) is 19.3 Å². The Balaban J connectivity index is 2.39. The number of nitrogens with one attached hydrogen (secondary N) is 1. The number of hydrogen-bond acceptors (Lipinski definition) is 3. The zero-order chi connectivity index (χ0) is 12.7. The Labute approximate surface area is 103 Å². The topological polar surface area (TPSA) is 61.8 Å². The Bertz CT molecular complexity index is 236. The average Bonchev–Trinajstić information content (AvgIpc) is 2.36. The molecule has 1 aliphatic heterocycles. The van der Waals surface area contributed by atoms with Crippen molar-refractivity contribution in [3.63, 3.8) is 0 Å². The van der Waals surface area contributed by atoms with Crippen LogP contribution in [0.3, 0.4) is 0 Å². The molecule has 5 heteroatoms. The first-order chi connectivity index (χ1) is 8.19. The third kappa shape index (κ3) is 4.52. The van der Waals surface area contributed by atoms with Crippen molar-refractivity contribution in [2.75, 3.05) is 26.4 Å². The van der Waals surface area contributed by atoms with Crippen LogP contribution in [-0.2, 0) is 4.74 Å². The summed E-state index contributed by atoms with van der Waals surface area (Å²) in [6.45, 7) is 6.13. The first kappa shape index (κ1) is 14.3. The molecule has 2 amide bonds. The van der Waals surface area contributed by atoms with Gasteiger partial charge in [-0.1, -0.05) is 6.92 Å².